The first-order valence-corrected chi connectivity index (χ1v) is 8.55. The molecule has 3 N–H and O–H groups in total. The van der Waals surface area contributed by atoms with Gasteiger partial charge in [0.05, 0.1) is 6.10 Å². The fraction of sp³-hybridized carbons (Fsp3) is 0.611. The van der Waals surface area contributed by atoms with Crippen LogP contribution in [0.4, 0.5) is 4.39 Å². The maximum atomic E-state index is 13.7. The van der Waals surface area contributed by atoms with Crippen molar-refractivity contribution in [3.05, 3.63) is 35.6 Å². The van der Waals surface area contributed by atoms with Crippen LogP contribution in [0, 0.1) is 11.2 Å². The average Bonchev–Trinajstić information content (AvgIpc) is 2.52. The molecule has 136 valence electrons. The summed E-state index contributed by atoms with van der Waals surface area (Å²) >= 11 is 0. The number of rotatable bonds is 7. The van der Waals surface area contributed by atoms with E-state index >= 15 is 0 Å². The van der Waals surface area contributed by atoms with Crippen LogP contribution >= 0.6 is 24.0 Å². The third-order valence-corrected chi connectivity index (χ3v) is 4.81. The molecule has 0 heterocycles. The van der Waals surface area contributed by atoms with Crippen molar-refractivity contribution < 1.29 is 9.50 Å². The van der Waals surface area contributed by atoms with Gasteiger partial charge >= 0.3 is 0 Å². The van der Waals surface area contributed by atoms with E-state index in [0.29, 0.717) is 16.9 Å². The molecule has 0 radical (unpaired) electrons. The summed E-state index contributed by atoms with van der Waals surface area (Å²) in [6.45, 7) is 6.00. The lowest BCUT2D eigenvalue weighted by atomic mass is 9.67. The summed E-state index contributed by atoms with van der Waals surface area (Å²) in [6, 6.07) is 6.31. The number of hydrogen-bond donors (Lipinski definition) is 3. The number of hydrogen-bond acceptors (Lipinski definition) is 2. The molecule has 1 unspecified atom stereocenters. The van der Waals surface area contributed by atoms with Crippen molar-refractivity contribution in [1.29, 1.82) is 0 Å². The van der Waals surface area contributed by atoms with Gasteiger partial charge in [-0.3, -0.25) is 4.99 Å². The molecular formula is C18H29FIN3O. The van der Waals surface area contributed by atoms with Gasteiger partial charge in [-0.15, -0.1) is 24.0 Å². The molecule has 0 aliphatic heterocycles. The number of aliphatic imine (C=N–C) groups is 1. The van der Waals surface area contributed by atoms with Crippen molar-refractivity contribution in [3.63, 3.8) is 0 Å². The highest BCUT2D eigenvalue weighted by atomic mass is 127. The Kier molecular flexibility index (Phi) is 8.97. The third-order valence-electron chi connectivity index (χ3n) is 4.81. The van der Waals surface area contributed by atoms with E-state index < -0.39 is 6.10 Å². The fourth-order valence-electron chi connectivity index (χ4n) is 2.94. The van der Waals surface area contributed by atoms with Crippen molar-refractivity contribution in [1.82, 2.24) is 10.6 Å². The molecule has 0 saturated heterocycles. The summed E-state index contributed by atoms with van der Waals surface area (Å²) in [5.74, 6) is 0.297. The van der Waals surface area contributed by atoms with E-state index in [4.69, 9.17) is 0 Å². The lowest BCUT2D eigenvalue weighted by Gasteiger charge is -2.40. The molecule has 6 heteroatoms. The second kappa shape index (κ2) is 10.2. The first-order valence-electron chi connectivity index (χ1n) is 8.55. The predicted octanol–water partition coefficient (Wildman–Crippen LogP) is 3.61. The fourth-order valence-corrected chi connectivity index (χ4v) is 2.94. The van der Waals surface area contributed by atoms with Crippen molar-refractivity contribution in [2.75, 3.05) is 19.6 Å². The summed E-state index contributed by atoms with van der Waals surface area (Å²) in [7, 11) is 0. The normalized spacial score (nSPS) is 17.4. The Balaban J connectivity index is 0.00000288. The van der Waals surface area contributed by atoms with Crippen LogP contribution in [0.5, 0.6) is 0 Å². The van der Waals surface area contributed by atoms with Gasteiger partial charge in [0, 0.05) is 25.2 Å². The summed E-state index contributed by atoms with van der Waals surface area (Å²) < 4.78 is 13.7. The van der Waals surface area contributed by atoms with Gasteiger partial charge in [-0.05, 0) is 37.7 Å². The van der Waals surface area contributed by atoms with Crippen LogP contribution in [0.3, 0.4) is 0 Å². The smallest absolute Gasteiger partial charge is 0.191 e. The Morgan fingerprint density at radius 1 is 1.29 bits per heavy atom. The highest BCUT2D eigenvalue weighted by molar-refractivity contribution is 14.0. The number of aliphatic hydroxyl groups excluding tert-OH is 1. The Morgan fingerprint density at radius 3 is 2.54 bits per heavy atom. The molecule has 1 aliphatic carbocycles. The van der Waals surface area contributed by atoms with E-state index in [-0.39, 0.29) is 36.3 Å². The van der Waals surface area contributed by atoms with Gasteiger partial charge in [-0.25, -0.2) is 4.39 Å². The Hall–Kier alpha value is -0.890. The van der Waals surface area contributed by atoms with Crippen LogP contribution in [0.1, 0.15) is 51.2 Å². The van der Waals surface area contributed by atoms with Crippen molar-refractivity contribution in [2.24, 2.45) is 10.4 Å². The first kappa shape index (κ1) is 21.2. The van der Waals surface area contributed by atoms with Gasteiger partial charge in [0.2, 0.25) is 0 Å². The molecular weight excluding hydrogens is 420 g/mol. The second-order valence-electron chi connectivity index (χ2n) is 6.32. The number of nitrogens with one attached hydrogen (secondary N) is 2. The molecule has 4 nitrogen and oxygen atoms in total. The third kappa shape index (κ3) is 5.58. The van der Waals surface area contributed by atoms with E-state index in [1.165, 1.54) is 25.3 Å². The molecule has 0 bridgehead atoms. The minimum absolute atomic E-state index is 0. The molecule has 1 atom stereocenters. The number of aliphatic hydroxyl groups is 1. The SMILES string of the molecule is CCNC(=NCC1(CC)CCC1)NCC(O)c1ccccc1F.I. The lowest BCUT2D eigenvalue weighted by molar-refractivity contribution is 0.139. The van der Waals surface area contributed by atoms with Gasteiger partial charge < -0.3 is 15.7 Å². The predicted molar refractivity (Wildman–Crippen MR) is 107 cm³/mol. The van der Waals surface area contributed by atoms with Crippen LogP contribution < -0.4 is 10.6 Å². The topological polar surface area (TPSA) is 56.7 Å². The quantitative estimate of drug-likeness (QED) is 0.339. The Labute approximate surface area is 161 Å². The Morgan fingerprint density at radius 2 is 2.00 bits per heavy atom. The molecule has 1 aromatic rings. The monoisotopic (exact) mass is 449 g/mol. The van der Waals surface area contributed by atoms with Gasteiger partial charge in [0.1, 0.15) is 5.82 Å². The zero-order valence-electron chi connectivity index (χ0n) is 14.5. The highest BCUT2D eigenvalue weighted by Crippen LogP contribution is 2.43. The van der Waals surface area contributed by atoms with Crippen LogP contribution in [-0.2, 0) is 0 Å². The average molecular weight is 449 g/mol. The maximum Gasteiger partial charge on any atom is 0.191 e. The van der Waals surface area contributed by atoms with Gasteiger partial charge in [0.15, 0.2) is 5.96 Å². The largest absolute Gasteiger partial charge is 0.386 e. The molecule has 1 saturated carbocycles. The van der Waals surface area contributed by atoms with Gasteiger partial charge in [0.25, 0.3) is 0 Å². The molecule has 1 aliphatic rings. The van der Waals surface area contributed by atoms with Crippen LogP contribution in [0.25, 0.3) is 0 Å². The molecule has 0 amide bonds. The van der Waals surface area contributed by atoms with E-state index in [2.05, 4.69) is 22.5 Å². The molecule has 24 heavy (non-hydrogen) atoms. The summed E-state index contributed by atoms with van der Waals surface area (Å²) in [6.07, 6.45) is 4.02. The maximum absolute atomic E-state index is 13.7. The van der Waals surface area contributed by atoms with Crippen LogP contribution in [-0.4, -0.2) is 30.7 Å². The summed E-state index contributed by atoms with van der Waals surface area (Å²) in [5, 5.41) is 16.5. The minimum Gasteiger partial charge on any atom is -0.386 e. The number of benzene rings is 1. The van der Waals surface area contributed by atoms with Gasteiger partial charge in [-0.1, -0.05) is 31.5 Å². The lowest BCUT2D eigenvalue weighted by Crippen LogP contribution is -2.41. The minimum atomic E-state index is -0.899. The van der Waals surface area contributed by atoms with E-state index in [1.54, 1.807) is 18.2 Å². The van der Waals surface area contributed by atoms with Crippen LogP contribution in [0.2, 0.25) is 0 Å². The number of guanidine groups is 1. The van der Waals surface area contributed by atoms with Crippen molar-refractivity contribution >= 4 is 29.9 Å². The summed E-state index contributed by atoms with van der Waals surface area (Å²) in [5.41, 5.74) is 0.659. The van der Waals surface area contributed by atoms with Crippen LogP contribution in [0.15, 0.2) is 29.3 Å². The zero-order chi connectivity index (χ0) is 16.7. The molecule has 0 spiro atoms. The van der Waals surface area contributed by atoms with Crippen molar-refractivity contribution in [2.45, 2.75) is 45.6 Å². The standard InChI is InChI=1S/C18H28FN3O.HI/c1-3-18(10-7-11-18)13-22-17(20-4-2)21-12-16(23)14-8-5-6-9-15(14)19;/h5-6,8-9,16,23H,3-4,7,10-13H2,1-2H3,(H2,20,21,22);1H. The first-order chi connectivity index (χ1) is 11.1. The molecule has 1 aromatic carbocycles. The molecule has 0 aromatic heterocycles. The molecule has 1 fully saturated rings. The summed E-state index contributed by atoms with van der Waals surface area (Å²) in [4.78, 5) is 4.66. The Bertz CT molecular complexity index is 529. The zero-order valence-corrected chi connectivity index (χ0v) is 16.8. The number of halogens is 2. The van der Waals surface area contributed by atoms with E-state index in [1.807, 2.05) is 6.92 Å². The molecule has 2 rings (SSSR count). The highest BCUT2D eigenvalue weighted by Gasteiger charge is 2.34. The van der Waals surface area contributed by atoms with Gasteiger partial charge in [-0.2, -0.15) is 0 Å². The van der Waals surface area contributed by atoms with E-state index in [9.17, 15) is 9.50 Å². The van der Waals surface area contributed by atoms with E-state index in [0.717, 1.165) is 19.5 Å². The second-order valence-corrected chi connectivity index (χ2v) is 6.32. The number of nitrogens with zero attached hydrogens (tertiary/aromatic N) is 1. The van der Waals surface area contributed by atoms with Crippen molar-refractivity contribution in [3.8, 4) is 0 Å².